The van der Waals surface area contributed by atoms with E-state index < -0.39 is 0 Å². The van der Waals surface area contributed by atoms with Crippen molar-refractivity contribution in [1.29, 1.82) is 0 Å². The van der Waals surface area contributed by atoms with Gasteiger partial charge in [0.05, 0.1) is 5.92 Å². The number of anilines is 1. The molecule has 0 bridgehead atoms. The van der Waals surface area contributed by atoms with Crippen LogP contribution in [0.5, 0.6) is 0 Å². The molecule has 1 aromatic heterocycles. The van der Waals surface area contributed by atoms with Gasteiger partial charge in [-0.2, -0.15) is 0 Å². The number of hydrogen-bond acceptors (Lipinski definition) is 3. The maximum atomic E-state index is 12.8. The Bertz CT molecular complexity index is 863. The van der Waals surface area contributed by atoms with Crippen LogP contribution in [0.15, 0.2) is 79.1 Å². The van der Waals surface area contributed by atoms with Gasteiger partial charge in [-0.1, -0.05) is 56.0 Å². The predicted octanol–water partition coefficient (Wildman–Crippen LogP) is 4.33. The molecule has 0 saturated carbocycles. The van der Waals surface area contributed by atoms with E-state index in [1.807, 2.05) is 60.8 Å². The van der Waals surface area contributed by atoms with E-state index in [9.17, 15) is 4.79 Å². The fourth-order valence-electron chi connectivity index (χ4n) is 3.52. The van der Waals surface area contributed by atoms with Gasteiger partial charge in [0, 0.05) is 37.1 Å². The molecule has 1 aliphatic heterocycles. The number of nitrogens with one attached hydrogen (secondary N) is 2. The minimum Gasteiger partial charge on any atom is -0.326 e. The fraction of sp³-hybridized carbons (Fsp3) is 0.217. The van der Waals surface area contributed by atoms with Gasteiger partial charge in [0.1, 0.15) is 0 Å². The molecule has 2 heterocycles. The minimum absolute atomic E-state index is 0. The highest BCUT2D eigenvalue weighted by atomic mass is 16.1. The number of amides is 1. The average molecular weight is 359 g/mol. The molecule has 0 aliphatic carbocycles. The summed E-state index contributed by atoms with van der Waals surface area (Å²) in [5.41, 5.74) is 4.18. The molecule has 4 heteroatoms. The van der Waals surface area contributed by atoms with Crippen LogP contribution in [-0.4, -0.2) is 24.0 Å². The zero-order valence-corrected chi connectivity index (χ0v) is 14.4. The fourth-order valence-corrected chi connectivity index (χ4v) is 3.52. The number of aromatic nitrogens is 1. The summed E-state index contributed by atoms with van der Waals surface area (Å²) in [6.45, 7) is 1.54. The van der Waals surface area contributed by atoms with Crippen LogP contribution in [0.1, 0.15) is 18.9 Å². The van der Waals surface area contributed by atoms with Crippen molar-refractivity contribution in [3.63, 3.8) is 0 Å². The molecule has 1 saturated heterocycles. The van der Waals surface area contributed by atoms with E-state index in [1.165, 1.54) is 5.56 Å². The van der Waals surface area contributed by atoms with Gasteiger partial charge < -0.3 is 10.6 Å². The number of carbonyl (C=O) groups excluding carboxylic acids is 1. The average Bonchev–Trinajstić information content (AvgIpc) is 3.20. The van der Waals surface area contributed by atoms with E-state index in [0.29, 0.717) is 6.54 Å². The Morgan fingerprint density at radius 2 is 1.70 bits per heavy atom. The van der Waals surface area contributed by atoms with Crippen molar-refractivity contribution in [3.8, 4) is 11.1 Å². The van der Waals surface area contributed by atoms with Crippen molar-refractivity contribution in [3.05, 3.63) is 84.7 Å². The van der Waals surface area contributed by atoms with E-state index in [4.69, 9.17) is 0 Å². The Balaban J connectivity index is 0.00000210. The quantitative estimate of drug-likeness (QED) is 0.729. The third-order valence-corrected chi connectivity index (χ3v) is 4.93. The molecule has 2 atom stereocenters. The molecule has 3 aromatic rings. The summed E-state index contributed by atoms with van der Waals surface area (Å²) in [4.78, 5) is 16.9. The lowest BCUT2D eigenvalue weighted by molar-refractivity contribution is -0.119. The molecule has 2 N–H and O–H groups in total. The number of carbonyl (C=O) groups is 1. The standard InChI is InChI=1S/C22H21N3O.CH4/c26-22(21-15-24-14-20(21)17-5-2-1-3-6-17)25-19-10-8-16(9-11-19)18-7-4-12-23-13-18;/h1-13,20-21,24H,14-15H2,(H,25,26);1H4. The van der Waals surface area contributed by atoms with Crippen LogP contribution in [0, 0.1) is 5.92 Å². The molecule has 138 valence electrons. The topological polar surface area (TPSA) is 54.0 Å². The Kier molecular flexibility index (Phi) is 5.99. The molecular weight excluding hydrogens is 334 g/mol. The molecular formula is C23H25N3O. The normalized spacial score (nSPS) is 18.5. The summed E-state index contributed by atoms with van der Waals surface area (Å²) in [6, 6.07) is 22.1. The van der Waals surface area contributed by atoms with Gasteiger partial charge in [-0.3, -0.25) is 9.78 Å². The van der Waals surface area contributed by atoms with Crippen LogP contribution in [0.4, 0.5) is 5.69 Å². The van der Waals surface area contributed by atoms with Gasteiger partial charge >= 0.3 is 0 Å². The molecule has 1 fully saturated rings. The van der Waals surface area contributed by atoms with Crippen LogP contribution in [0.25, 0.3) is 11.1 Å². The molecule has 2 aromatic carbocycles. The van der Waals surface area contributed by atoms with Crippen molar-refractivity contribution in [2.24, 2.45) is 5.92 Å². The Morgan fingerprint density at radius 1 is 0.926 bits per heavy atom. The molecule has 2 unspecified atom stereocenters. The first-order valence-corrected chi connectivity index (χ1v) is 8.88. The van der Waals surface area contributed by atoms with Crippen LogP contribution >= 0.6 is 0 Å². The van der Waals surface area contributed by atoms with E-state index in [-0.39, 0.29) is 25.2 Å². The lowest BCUT2D eigenvalue weighted by Crippen LogP contribution is -2.28. The maximum Gasteiger partial charge on any atom is 0.229 e. The molecule has 4 rings (SSSR count). The lowest BCUT2D eigenvalue weighted by atomic mass is 9.88. The molecule has 4 nitrogen and oxygen atoms in total. The highest BCUT2D eigenvalue weighted by Crippen LogP contribution is 2.29. The first-order valence-electron chi connectivity index (χ1n) is 8.88. The molecule has 0 radical (unpaired) electrons. The van der Waals surface area contributed by atoms with Gasteiger partial charge in [-0.05, 0) is 34.9 Å². The van der Waals surface area contributed by atoms with Crippen molar-refractivity contribution in [2.45, 2.75) is 13.3 Å². The summed E-state index contributed by atoms with van der Waals surface area (Å²) in [5, 5.41) is 6.42. The first-order chi connectivity index (χ1) is 12.8. The molecule has 1 aliphatic rings. The van der Waals surface area contributed by atoms with Crippen molar-refractivity contribution in [2.75, 3.05) is 18.4 Å². The highest BCUT2D eigenvalue weighted by Gasteiger charge is 2.33. The van der Waals surface area contributed by atoms with Crippen LogP contribution in [0.2, 0.25) is 0 Å². The van der Waals surface area contributed by atoms with Gasteiger partial charge in [0.2, 0.25) is 5.91 Å². The van der Waals surface area contributed by atoms with Gasteiger partial charge in [0.25, 0.3) is 0 Å². The van der Waals surface area contributed by atoms with Crippen LogP contribution in [-0.2, 0) is 4.79 Å². The van der Waals surface area contributed by atoms with Gasteiger partial charge in [-0.15, -0.1) is 0 Å². The second-order valence-corrected chi connectivity index (χ2v) is 6.59. The third-order valence-electron chi connectivity index (χ3n) is 4.93. The maximum absolute atomic E-state index is 12.8. The van der Waals surface area contributed by atoms with E-state index in [0.717, 1.165) is 23.4 Å². The summed E-state index contributed by atoms with van der Waals surface area (Å²) in [5.74, 6) is 0.222. The zero-order chi connectivity index (χ0) is 17.8. The van der Waals surface area contributed by atoms with Gasteiger partial charge in [-0.25, -0.2) is 0 Å². The molecule has 27 heavy (non-hydrogen) atoms. The van der Waals surface area contributed by atoms with Crippen LogP contribution in [0.3, 0.4) is 0 Å². The predicted molar refractivity (Wildman–Crippen MR) is 111 cm³/mol. The third kappa shape index (κ3) is 4.23. The Labute approximate surface area is 160 Å². The number of nitrogens with zero attached hydrogens (tertiary/aromatic N) is 1. The van der Waals surface area contributed by atoms with Crippen molar-refractivity contribution in [1.82, 2.24) is 10.3 Å². The highest BCUT2D eigenvalue weighted by molar-refractivity contribution is 5.93. The largest absolute Gasteiger partial charge is 0.326 e. The summed E-state index contributed by atoms with van der Waals surface area (Å²) < 4.78 is 0. The first kappa shape index (κ1) is 18.8. The summed E-state index contributed by atoms with van der Waals surface area (Å²) >= 11 is 0. The summed E-state index contributed by atoms with van der Waals surface area (Å²) in [7, 11) is 0. The SMILES string of the molecule is C.O=C(Nc1ccc(-c2cccnc2)cc1)C1CNCC1c1ccccc1. The number of rotatable bonds is 4. The Morgan fingerprint density at radius 3 is 2.41 bits per heavy atom. The second kappa shape index (κ2) is 8.60. The van der Waals surface area contributed by atoms with Crippen molar-refractivity contribution >= 4 is 11.6 Å². The van der Waals surface area contributed by atoms with E-state index in [2.05, 4.69) is 27.8 Å². The van der Waals surface area contributed by atoms with E-state index in [1.54, 1.807) is 6.20 Å². The number of pyridine rings is 1. The molecule has 0 spiro atoms. The van der Waals surface area contributed by atoms with E-state index >= 15 is 0 Å². The number of benzene rings is 2. The monoisotopic (exact) mass is 359 g/mol. The summed E-state index contributed by atoms with van der Waals surface area (Å²) in [6.07, 6.45) is 3.60. The Hall–Kier alpha value is -2.98. The smallest absolute Gasteiger partial charge is 0.229 e. The lowest BCUT2D eigenvalue weighted by Gasteiger charge is -2.18. The number of hydrogen-bond donors (Lipinski definition) is 2. The van der Waals surface area contributed by atoms with Crippen LogP contribution < -0.4 is 10.6 Å². The zero-order valence-electron chi connectivity index (χ0n) is 14.4. The minimum atomic E-state index is -0.0598. The molecule has 1 amide bonds. The van der Waals surface area contributed by atoms with Crippen molar-refractivity contribution < 1.29 is 4.79 Å². The second-order valence-electron chi connectivity index (χ2n) is 6.59. The van der Waals surface area contributed by atoms with Gasteiger partial charge in [0.15, 0.2) is 0 Å².